The lowest BCUT2D eigenvalue weighted by Crippen LogP contribution is -2.01. The minimum atomic E-state index is -2.56. The quantitative estimate of drug-likeness (QED) is 0.227. The van der Waals surface area contributed by atoms with Crippen LogP contribution in [-0.2, 0) is 16.1 Å². The lowest BCUT2D eigenvalue weighted by atomic mass is 10.0. The molecule has 0 aliphatic carbocycles. The maximum Gasteiger partial charge on any atom is 0.330 e. The number of rotatable bonds is 7. The second-order valence-electron chi connectivity index (χ2n) is 8.32. The molecule has 10 heteroatoms. The number of hydrogen-bond donors (Lipinski definition) is 0. The van der Waals surface area contributed by atoms with Crippen LogP contribution in [0.1, 0.15) is 28.9 Å². The standard InChI is InChI=1S/C27H22F2N6O2/c1-17-5-3-8-22(32-17)26-21(15-34(33-26)14-18-6-4-7-19(13-18)27(28)29)20-9-11-24-30-16-31-35(24)23(20)10-12-25(36)37-2/h3-13,15-16,27H,14H2,1-2H3/b12-10+. The molecule has 5 rings (SSSR count). The first kappa shape index (κ1) is 24.0. The topological polar surface area (TPSA) is 87.2 Å². The van der Waals surface area contributed by atoms with Crippen LogP contribution in [0.5, 0.6) is 0 Å². The van der Waals surface area contributed by atoms with Crippen molar-refractivity contribution in [3.63, 3.8) is 0 Å². The number of pyridine rings is 2. The van der Waals surface area contributed by atoms with E-state index in [1.807, 2.05) is 43.5 Å². The number of ether oxygens (including phenoxy) is 1. The van der Waals surface area contributed by atoms with Gasteiger partial charge in [0, 0.05) is 34.7 Å². The maximum atomic E-state index is 13.3. The van der Waals surface area contributed by atoms with Gasteiger partial charge in [-0.25, -0.2) is 23.1 Å². The maximum absolute atomic E-state index is 13.3. The Hall–Kier alpha value is -4.73. The Bertz CT molecular complexity index is 1620. The molecule has 0 unspecified atom stereocenters. The molecule has 186 valence electrons. The fraction of sp³-hybridized carbons (Fsp3) is 0.148. The summed E-state index contributed by atoms with van der Waals surface area (Å²) in [5.74, 6) is -0.516. The van der Waals surface area contributed by atoms with E-state index in [1.54, 1.807) is 27.4 Å². The number of benzene rings is 1. The Balaban J connectivity index is 1.68. The summed E-state index contributed by atoms with van der Waals surface area (Å²) < 4.78 is 34.6. The second kappa shape index (κ2) is 10.1. The van der Waals surface area contributed by atoms with Gasteiger partial charge >= 0.3 is 5.97 Å². The average Bonchev–Trinajstić information content (AvgIpc) is 3.54. The van der Waals surface area contributed by atoms with E-state index in [0.29, 0.717) is 28.3 Å². The van der Waals surface area contributed by atoms with E-state index in [9.17, 15) is 13.6 Å². The number of aryl methyl sites for hydroxylation is 1. The first-order valence-corrected chi connectivity index (χ1v) is 11.4. The minimum absolute atomic E-state index is 0.0441. The molecular formula is C27H22F2N6O2. The van der Waals surface area contributed by atoms with E-state index in [1.165, 1.54) is 31.6 Å². The van der Waals surface area contributed by atoms with Crippen molar-refractivity contribution in [2.45, 2.75) is 19.9 Å². The molecule has 0 spiro atoms. The van der Waals surface area contributed by atoms with Crippen LogP contribution in [0.2, 0.25) is 0 Å². The number of halogens is 2. The number of carbonyl (C=O) groups is 1. The van der Waals surface area contributed by atoms with Gasteiger partial charge in [-0.2, -0.15) is 10.2 Å². The third-order valence-electron chi connectivity index (χ3n) is 5.79. The highest BCUT2D eigenvalue weighted by atomic mass is 19.3. The highest BCUT2D eigenvalue weighted by Gasteiger charge is 2.19. The summed E-state index contributed by atoms with van der Waals surface area (Å²) >= 11 is 0. The lowest BCUT2D eigenvalue weighted by Gasteiger charge is -2.09. The van der Waals surface area contributed by atoms with E-state index in [4.69, 9.17) is 9.84 Å². The fourth-order valence-electron chi connectivity index (χ4n) is 4.09. The van der Waals surface area contributed by atoms with Crippen LogP contribution in [-0.4, -0.2) is 42.4 Å². The van der Waals surface area contributed by atoms with Crippen LogP contribution in [0.25, 0.3) is 34.2 Å². The van der Waals surface area contributed by atoms with E-state index in [2.05, 4.69) is 15.1 Å². The summed E-state index contributed by atoms with van der Waals surface area (Å²) in [6, 6.07) is 15.6. The van der Waals surface area contributed by atoms with E-state index in [-0.39, 0.29) is 12.1 Å². The Morgan fingerprint density at radius 3 is 2.73 bits per heavy atom. The van der Waals surface area contributed by atoms with Gasteiger partial charge in [-0.3, -0.25) is 9.67 Å². The van der Waals surface area contributed by atoms with E-state index < -0.39 is 12.4 Å². The highest BCUT2D eigenvalue weighted by molar-refractivity contribution is 5.90. The number of aromatic nitrogens is 6. The van der Waals surface area contributed by atoms with Crippen molar-refractivity contribution in [3.05, 3.63) is 95.7 Å². The van der Waals surface area contributed by atoms with Crippen molar-refractivity contribution in [1.29, 1.82) is 0 Å². The zero-order valence-corrected chi connectivity index (χ0v) is 20.0. The Kier molecular flexibility index (Phi) is 6.55. The van der Waals surface area contributed by atoms with Crippen LogP contribution in [0, 0.1) is 6.92 Å². The molecule has 0 saturated carbocycles. The third-order valence-corrected chi connectivity index (χ3v) is 5.79. The van der Waals surface area contributed by atoms with Crippen molar-refractivity contribution in [1.82, 2.24) is 29.4 Å². The van der Waals surface area contributed by atoms with E-state index in [0.717, 1.165) is 16.8 Å². The summed E-state index contributed by atoms with van der Waals surface area (Å²) in [6.45, 7) is 2.17. The molecule has 0 bridgehead atoms. The zero-order chi connectivity index (χ0) is 25.9. The summed E-state index contributed by atoms with van der Waals surface area (Å²) in [4.78, 5) is 20.8. The van der Waals surface area contributed by atoms with Gasteiger partial charge in [0.05, 0.1) is 25.0 Å². The van der Waals surface area contributed by atoms with Crippen molar-refractivity contribution in [3.8, 4) is 22.5 Å². The number of nitrogens with zero attached hydrogens (tertiary/aromatic N) is 6. The molecule has 0 atom stereocenters. The predicted octanol–water partition coefficient (Wildman–Crippen LogP) is 5.14. The molecule has 4 aromatic heterocycles. The highest BCUT2D eigenvalue weighted by Crippen LogP contribution is 2.34. The minimum Gasteiger partial charge on any atom is -0.466 e. The molecule has 0 fully saturated rings. The van der Waals surface area contributed by atoms with Gasteiger partial charge in [-0.05, 0) is 48.9 Å². The van der Waals surface area contributed by atoms with Gasteiger partial charge in [0.15, 0.2) is 5.65 Å². The smallest absolute Gasteiger partial charge is 0.330 e. The molecule has 0 amide bonds. The van der Waals surface area contributed by atoms with Gasteiger partial charge < -0.3 is 4.74 Å². The molecule has 0 saturated heterocycles. The monoisotopic (exact) mass is 500 g/mol. The van der Waals surface area contributed by atoms with Gasteiger partial charge in [0.2, 0.25) is 0 Å². The molecule has 0 radical (unpaired) electrons. The van der Waals surface area contributed by atoms with Crippen molar-refractivity contribution in [2.75, 3.05) is 7.11 Å². The van der Waals surface area contributed by atoms with Gasteiger partial charge in [0.25, 0.3) is 6.43 Å². The molecule has 0 N–H and O–H groups in total. The van der Waals surface area contributed by atoms with Crippen LogP contribution >= 0.6 is 0 Å². The largest absolute Gasteiger partial charge is 0.466 e. The molecule has 37 heavy (non-hydrogen) atoms. The van der Waals surface area contributed by atoms with Crippen molar-refractivity contribution in [2.24, 2.45) is 0 Å². The molecule has 0 aliphatic heterocycles. The van der Waals surface area contributed by atoms with Crippen LogP contribution in [0.3, 0.4) is 0 Å². The number of hydrogen-bond acceptors (Lipinski definition) is 6. The molecule has 4 heterocycles. The lowest BCUT2D eigenvalue weighted by molar-refractivity contribution is -0.134. The molecule has 8 nitrogen and oxygen atoms in total. The summed E-state index contributed by atoms with van der Waals surface area (Å²) in [5, 5.41) is 9.11. The Labute approximate surface area is 210 Å². The number of fused-ring (bicyclic) bond motifs is 1. The number of carbonyl (C=O) groups excluding carboxylic acids is 1. The Morgan fingerprint density at radius 1 is 1.11 bits per heavy atom. The van der Waals surface area contributed by atoms with Gasteiger partial charge in [0.1, 0.15) is 12.0 Å². The molecule has 0 aliphatic rings. The Morgan fingerprint density at radius 2 is 1.95 bits per heavy atom. The van der Waals surface area contributed by atoms with Crippen molar-refractivity contribution < 1.29 is 18.3 Å². The second-order valence-corrected chi connectivity index (χ2v) is 8.32. The average molecular weight is 501 g/mol. The predicted molar refractivity (Wildman–Crippen MR) is 134 cm³/mol. The SMILES string of the molecule is COC(=O)/C=C/c1c(-c2cn(Cc3cccc(C(F)F)c3)nc2-c2cccc(C)n2)ccc2ncnn12. The normalized spacial score (nSPS) is 11.6. The summed E-state index contributed by atoms with van der Waals surface area (Å²) in [5.41, 5.74) is 5.35. The molecule has 5 aromatic rings. The van der Waals surface area contributed by atoms with Crippen LogP contribution in [0.15, 0.2) is 73.2 Å². The number of esters is 1. The van der Waals surface area contributed by atoms with Gasteiger partial charge in [-0.15, -0.1) is 0 Å². The summed E-state index contributed by atoms with van der Waals surface area (Å²) in [6.07, 6.45) is 3.63. The number of methoxy groups -OCH3 is 1. The summed E-state index contributed by atoms with van der Waals surface area (Å²) in [7, 11) is 1.30. The van der Waals surface area contributed by atoms with Crippen LogP contribution in [0.4, 0.5) is 8.78 Å². The first-order chi connectivity index (χ1) is 17.9. The van der Waals surface area contributed by atoms with Crippen LogP contribution < -0.4 is 0 Å². The third kappa shape index (κ3) is 4.99. The fourth-order valence-corrected chi connectivity index (χ4v) is 4.09. The molecule has 1 aromatic carbocycles. The number of alkyl halides is 2. The van der Waals surface area contributed by atoms with Crippen molar-refractivity contribution >= 4 is 17.7 Å². The zero-order valence-electron chi connectivity index (χ0n) is 20.0. The first-order valence-electron chi connectivity index (χ1n) is 11.4. The van der Waals surface area contributed by atoms with Gasteiger partial charge in [-0.1, -0.05) is 24.3 Å². The van der Waals surface area contributed by atoms with E-state index >= 15 is 0 Å². The molecular weight excluding hydrogens is 478 g/mol.